The SMILES string of the molecule is CCN(SCc1nccs1)/C(=C/[N+](=O)[O-])NCCSCc1ncccc1Cl. The van der Waals surface area contributed by atoms with Gasteiger partial charge in [-0.2, -0.15) is 11.8 Å². The van der Waals surface area contributed by atoms with Crippen molar-refractivity contribution in [3.8, 4) is 0 Å². The molecule has 7 nitrogen and oxygen atoms in total. The smallest absolute Gasteiger partial charge is 0.275 e. The lowest BCUT2D eigenvalue weighted by Crippen LogP contribution is -2.29. The summed E-state index contributed by atoms with van der Waals surface area (Å²) in [6, 6.07) is 3.62. The number of nitrogens with one attached hydrogen (secondary N) is 1. The number of aromatic nitrogens is 2. The Labute approximate surface area is 175 Å². The van der Waals surface area contributed by atoms with Gasteiger partial charge in [-0.3, -0.25) is 19.4 Å². The third-order valence-corrected chi connectivity index (χ3v) is 6.68. The van der Waals surface area contributed by atoms with E-state index in [0.717, 1.165) is 22.7 Å². The molecule has 0 aromatic carbocycles. The minimum Gasteiger partial charge on any atom is -0.365 e. The largest absolute Gasteiger partial charge is 0.365 e. The van der Waals surface area contributed by atoms with Crippen LogP contribution in [0.2, 0.25) is 5.02 Å². The van der Waals surface area contributed by atoms with Crippen LogP contribution >= 0.6 is 46.6 Å². The van der Waals surface area contributed by atoms with Gasteiger partial charge in [0.15, 0.2) is 5.82 Å². The van der Waals surface area contributed by atoms with Crippen LogP contribution in [0.4, 0.5) is 0 Å². The van der Waals surface area contributed by atoms with E-state index in [9.17, 15) is 10.1 Å². The van der Waals surface area contributed by atoms with Crippen LogP contribution in [0.1, 0.15) is 17.6 Å². The van der Waals surface area contributed by atoms with Gasteiger partial charge >= 0.3 is 0 Å². The molecule has 0 saturated carbocycles. The summed E-state index contributed by atoms with van der Waals surface area (Å²) in [7, 11) is 0. The fraction of sp³-hybridized carbons (Fsp3) is 0.375. The summed E-state index contributed by atoms with van der Waals surface area (Å²) < 4.78 is 1.88. The Hall–Kier alpha value is -1.49. The van der Waals surface area contributed by atoms with E-state index < -0.39 is 4.92 Å². The molecule has 27 heavy (non-hydrogen) atoms. The molecule has 2 rings (SSSR count). The molecule has 0 aliphatic rings. The van der Waals surface area contributed by atoms with Crippen LogP contribution in [0, 0.1) is 10.1 Å². The van der Waals surface area contributed by atoms with Crippen molar-refractivity contribution < 1.29 is 4.92 Å². The third-order valence-electron chi connectivity index (χ3n) is 3.24. The Kier molecular flexibility index (Phi) is 9.74. The number of thioether (sulfide) groups is 1. The highest BCUT2D eigenvalue weighted by Crippen LogP contribution is 2.22. The fourth-order valence-corrected chi connectivity index (χ4v) is 4.72. The first kappa shape index (κ1) is 21.8. The molecule has 0 bridgehead atoms. The van der Waals surface area contributed by atoms with Gasteiger partial charge in [0.1, 0.15) is 5.01 Å². The summed E-state index contributed by atoms with van der Waals surface area (Å²) in [6.45, 7) is 3.20. The average Bonchev–Trinajstić information content (AvgIpc) is 3.16. The monoisotopic (exact) mass is 445 g/mol. The van der Waals surface area contributed by atoms with E-state index in [1.165, 1.54) is 11.9 Å². The normalized spacial score (nSPS) is 11.4. The van der Waals surface area contributed by atoms with Crippen LogP contribution in [0.5, 0.6) is 0 Å². The Morgan fingerprint density at radius 3 is 2.96 bits per heavy atom. The van der Waals surface area contributed by atoms with Crippen molar-refractivity contribution in [3.63, 3.8) is 0 Å². The second-order valence-electron chi connectivity index (χ2n) is 5.10. The lowest BCUT2D eigenvalue weighted by atomic mass is 10.4. The zero-order chi connectivity index (χ0) is 19.5. The van der Waals surface area contributed by atoms with Crippen LogP contribution in [0.15, 0.2) is 41.9 Å². The second kappa shape index (κ2) is 12.1. The van der Waals surface area contributed by atoms with Gasteiger partial charge < -0.3 is 5.32 Å². The summed E-state index contributed by atoms with van der Waals surface area (Å²) in [6.07, 6.45) is 4.49. The number of thiazole rings is 1. The fourth-order valence-electron chi connectivity index (χ4n) is 2.03. The summed E-state index contributed by atoms with van der Waals surface area (Å²) in [5, 5.41) is 17.7. The number of halogens is 1. The van der Waals surface area contributed by atoms with Gasteiger partial charge in [-0.15, -0.1) is 11.3 Å². The Balaban J connectivity index is 1.82. The average molecular weight is 446 g/mol. The lowest BCUT2D eigenvalue weighted by molar-refractivity contribution is -0.404. The number of nitro groups is 1. The van der Waals surface area contributed by atoms with Crippen LogP contribution in [-0.4, -0.2) is 38.0 Å². The van der Waals surface area contributed by atoms with Crippen molar-refractivity contribution in [2.75, 3.05) is 18.8 Å². The molecule has 2 heterocycles. The molecule has 0 aliphatic carbocycles. The van der Waals surface area contributed by atoms with Crippen molar-refractivity contribution in [2.24, 2.45) is 0 Å². The summed E-state index contributed by atoms with van der Waals surface area (Å²) >= 11 is 10.8. The highest BCUT2D eigenvalue weighted by molar-refractivity contribution is 7.98. The Bertz CT molecular complexity index is 745. The number of hydrogen-bond donors (Lipinski definition) is 1. The standard InChI is InChI=1S/C16H20ClN5O2S3/c1-2-21(27-12-16-20-7-9-26-16)15(10-22(23)24)19-6-8-25-11-14-13(17)4-3-5-18-14/h3-5,7,9-10,19H,2,6,8,11-12H2,1H3/b15-10+. The molecule has 2 aromatic rings. The third kappa shape index (κ3) is 7.96. The van der Waals surface area contributed by atoms with Gasteiger partial charge in [-0.05, 0) is 31.0 Å². The maximum atomic E-state index is 11.0. The quantitative estimate of drug-likeness (QED) is 0.224. The van der Waals surface area contributed by atoms with Gasteiger partial charge in [-0.1, -0.05) is 11.6 Å². The first-order valence-corrected chi connectivity index (χ1v) is 11.5. The summed E-state index contributed by atoms with van der Waals surface area (Å²) in [5.41, 5.74) is 0.847. The number of rotatable bonds is 12. The molecule has 0 radical (unpaired) electrons. The van der Waals surface area contributed by atoms with Crippen molar-refractivity contribution in [2.45, 2.75) is 18.4 Å². The second-order valence-corrected chi connectivity index (χ2v) is 8.58. The molecule has 0 saturated heterocycles. The molecule has 11 heteroatoms. The first-order chi connectivity index (χ1) is 13.1. The predicted molar refractivity (Wildman–Crippen MR) is 114 cm³/mol. The molecule has 0 unspecified atom stereocenters. The van der Waals surface area contributed by atoms with Gasteiger partial charge in [0.25, 0.3) is 6.20 Å². The molecule has 0 atom stereocenters. The van der Waals surface area contributed by atoms with Crippen molar-refractivity contribution in [1.82, 2.24) is 19.6 Å². The zero-order valence-corrected chi connectivity index (χ0v) is 17.9. The molecule has 0 fully saturated rings. The highest BCUT2D eigenvalue weighted by Gasteiger charge is 2.13. The van der Waals surface area contributed by atoms with E-state index in [4.69, 9.17) is 11.6 Å². The molecule has 1 N–H and O–H groups in total. The maximum Gasteiger partial charge on any atom is 0.275 e. The molecule has 2 aromatic heterocycles. The van der Waals surface area contributed by atoms with E-state index in [0.29, 0.717) is 35.4 Å². The van der Waals surface area contributed by atoms with E-state index in [2.05, 4.69) is 15.3 Å². The number of nitrogens with zero attached hydrogens (tertiary/aromatic N) is 4. The van der Waals surface area contributed by atoms with Crippen LogP contribution in [0.3, 0.4) is 0 Å². The summed E-state index contributed by atoms with van der Waals surface area (Å²) in [4.78, 5) is 19.0. The minimum atomic E-state index is -0.435. The molecule has 0 aliphatic heterocycles. The number of hydrogen-bond acceptors (Lipinski definition) is 9. The lowest BCUT2D eigenvalue weighted by Gasteiger charge is -2.23. The van der Waals surface area contributed by atoms with Crippen molar-refractivity contribution in [1.29, 1.82) is 0 Å². The van der Waals surface area contributed by atoms with E-state index in [1.54, 1.807) is 41.6 Å². The topological polar surface area (TPSA) is 84.2 Å². The van der Waals surface area contributed by atoms with E-state index in [1.807, 2.05) is 22.7 Å². The molecule has 0 spiro atoms. The van der Waals surface area contributed by atoms with Crippen molar-refractivity contribution >= 4 is 46.6 Å². The van der Waals surface area contributed by atoms with E-state index >= 15 is 0 Å². The number of pyridine rings is 1. The maximum absolute atomic E-state index is 11.0. The molecular weight excluding hydrogens is 426 g/mol. The molecule has 146 valence electrons. The highest BCUT2D eigenvalue weighted by atomic mass is 35.5. The Morgan fingerprint density at radius 1 is 1.44 bits per heavy atom. The zero-order valence-electron chi connectivity index (χ0n) is 14.7. The van der Waals surface area contributed by atoms with Crippen LogP contribution in [-0.2, 0) is 11.5 Å². The first-order valence-electron chi connectivity index (χ1n) is 8.15. The van der Waals surface area contributed by atoms with Gasteiger partial charge in [0, 0.05) is 42.4 Å². The Morgan fingerprint density at radius 2 is 2.30 bits per heavy atom. The van der Waals surface area contributed by atoms with Gasteiger partial charge in [-0.25, -0.2) is 4.98 Å². The molecular formula is C16H20ClN5O2S3. The van der Waals surface area contributed by atoms with Gasteiger partial charge in [0.05, 0.1) is 21.4 Å². The minimum absolute atomic E-state index is 0.435. The predicted octanol–water partition coefficient (Wildman–Crippen LogP) is 4.26. The van der Waals surface area contributed by atoms with E-state index in [-0.39, 0.29) is 0 Å². The van der Waals surface area contributed by atoms with Crippen LogP contribution in [0.25, 0.3) is 0 Å². The summed E-state index contributed by atoms with van der Waals surface area (Å²) in [5.74, 6) is 2.64. The van der Waals surface area contributed by atoms with Crippen LogP contribution < -0.4 is 5.32 Å². The van der Waals surface area contributed by atoms with Crippen molar-refractivity contribution in [3.05, 3.63) is 67.8 Å². The molecule has 0 amide bonds. The van der Waals surface area contributed by atoms with Gasteiger partial charge in [0.2, 0.25) is 0 Å².